The first-order valence-electron chi connectivity index (χ1n) is 6.37. The van der Waals surface area contributed by atoms with Gasteiger partial charge in [0.15, 0.2) is 0 Å². The van der Waals surface area contributed by atoms with Gasteiger partial charge in [0.25, 0.3) is 11.6 Å². The number of aliphatic carboxylic acids is 1. The van der Waals surface area contributed by atoms with Crippen molar-refractivity contribution < 1.29 is 24.0 Å². The SMILES string of the molecule is O=C(O)CCN(C(=O)c1ccc(F)cc1[N+](=O)[O-])C1CC1. The van der Waals surface area contributed by atoms with E-state index < -0.39 is 28.3 Å². The van der Waals surface area contributed by atoms with Crippen molar-refractivity contribution in [1.82, 2.24) is 4.90 Å². The van der Waals surface area contributed by atoms with Crippen LogP contribution in [-0.2, 0) is 4.79 Å². The summed E-state index contributed by atoms with van der Waals surface area (Å²) in [6.45, 7) is -0.0205. The molecule has 2 rings (SSSR count). The number of carboxylic acid groups (broad SMARTS) is 1. The third-order valence-corrected chi connectivity index (χ3v) is 3.20. The first-order chi connectivity index (χ1) is 9.90. The number of carbonyl (C=O) groups is 2. The van der Waals surface area contributed by atoms with Gasteiger partial charge >= 0.3 is 5.97 Å². The molecule has 0 aromatic heterocycles. The van der Waals surface area contributed by atoms with Gasteiger partial charge in [0.2, 0.25) is 0 Å². The Balaban J connectivity index is 2.28. The molecular formula is C13H13FN2O5. The van der Waals surface area contributed by atoms with Gasteiger partial charge in [-0.25, -0.2) is 4.39 Å². The van der Waals surface area contributed by atoms with Crippen molar-refractivity contribution in [2.24, 2.45) is 0 Å². The Morgan fingerprint density at radius 3 is 2.62 bits per heavy atom. The van der Waals surface area contributed by atoms with Gasteiger partial charge < -0.3 is 10.0 Å². The molecule has 1 aromatic carbocycles. The molecule has 0 heterocycles. The van der Waals surface area contributed by atoms with Crippen LogP contribution >= 0.6 is 0 Å². The maximum atomic E-state index is 13.1. The van der Waals surface area contributed by atoms with Crippen molar-refractivity contribution in [3.8, 4) is 0 Å². The molecule has 0 bridgehead atoms. The van der Waals surface area contributed by atoms with Gasteiger partial charge in [-0.15, -0.1) is 0 Å². The molecule has 1 saturated carbocycles. The Hall–Kier alpha value is -2.51. The lowest BCUT2D eigenvalue weighted by molar-refractivity contribution is -0.385. The van der Waals surface area contributed by atoms with E-state index in [4.69, 9.17) is 5.11 Å². The summed E-state index contributed by atoms with van der Waals surface area (Å²) in [6.07, 6.45) is 1.23. The summed E-state index contributed by atoms with van der Waals surface area (Å²) in [6, 6.07) is 2.63. The summed E-state index contributed by atoms with van der Waals surface area (Å²) in [4.78, 5) is 34.4. The molecule has 0 spiro atoms. The number of carboxylic acids is 1. The smallest absolute Gasteiger partial charge is 0.305 e. The number of hydrogen-bond donors (Lipinski definition) is 1. The largest absolute Gasteiger partial charge is 0.481 e. The van der Waals surface area contributed by atoms with E-state index in [1.807, 2.05) is 0 Å². The van der Waals surface area contributed by atoms with Crippen LogP contribution in [0.15, 0.2) is 18.2 Å². The Bertz CT molecular complexity index is 600. The molecule has 0 aliphatic heterocycles. The van der Waals surface area contributed by atoms with E-state index in [0.29, 0.717) is 6.07 Å². The third kappa shape index (κ3) is 3.53. The number of halogens is 1. The molecule has 1 fully saturated rings. The minimum absolute atomic E-state index is 0.0205. The molecule has 1 aliphatic rings. The molecule has 8 heteroatoms. The zero-order valence-electron chi connectivity index (χ0n) is 11.0. The summed E-state index contributed by atoms with van der Waals surface area (Å²) in [5.74, 6) is -2.49. The molecular weight excluding hydrogens is 283 g/mol. The van der Waals surface area contributed by atoms with E-state index in [9.17, 15) is 24.1 Å². The number of nitro groups is 1. The van der Waals surface area contributed by atoms with Crippen molar-refractivity contribution in [2.75, 3.05) is 6.54 Å². The van der Waals surface area contributed by atoms with Crippen LogP contribution in [0.3, 0.4) is 0 Å². The maximum Gasteiger partial charge on any atom is 0.305 e. The van der Waals surface area contributed by atoms with Crippen LogP contribution in [-0.4, -0.2) is 39.4 Å². The van der Waals surface area contributed by atoms with Crippen LogP contribution in [0.4, 0.5) is 10.1 Å². The van der Waals surface area contributed by atoms with E-state index >= 15 is 0 Å². The zero-order valence-corrected chi connectivity index (χ0v) is 11.0. The van der Waals surface area contributed by atoms with Crippen molar-refractivity contribution in [3.05, 3.63) is 39.7 Å². The minimum atomic E-state index is -1.05. The fraction of sp³-hybridized carbons (Fsp3) is 0.385. The highest BCUT2D eigenvalue weighted by Gasteiger charge is 2.35. The quantitative estimate of drug-likeness (QED) is 0.637. The molecule has 1 amide bonds. The number of benzene rings is 1. The monoisotopic (exact) mass is 296 g/mol. The zero-order chi connectivity index (χ0) is 15.6. The summed E-state index contributed by atoms with van der Waals surface area (Å²) in [7, 11) is 0. The van der Waals surface area contributed by atoms with Gasteiger partial charge in [0.1, 0.15) is 11.4 Å². The van der Waals surface area contributed by atoms with Crippen molar-refractivity contribution >= 4 is 17.6 Å². The normalized spacial score (nSPS) is 13.8. The molecule has 1 aliphatic carbocycles. The molecule has 7 nitrogen and oxygen atoms in total. The molecule has 112 valence electrons. The fourth-order valence-corrected chi connectivity index (χ4v) is 2.04. The number of carbonyl (C=O) groups excluding carboxylic acids is 1. The van der Waals surface area contributed by atoms with E-state index in [0.717, 1.165) is 25.0 Å². The van der Waals surface area contributed by atoms with Gasteiger partial charge in [0.05, 0.1) is 17.4 Å². The second kappa shape index (κ2) is 5.86. The van der Waals surface area contributed by atoms with E-state index in [2.05, 4.69) is 0 Å². The minimum Gasteiger partial charge on any atom is -0.481 e. The average molecular weight is 296 g/mol. The van der Waals surface area contributed by atoms with Crippen molar-refractivity contribution in [3.63, 3.8) is 0 Å². The lowest BCUT2D eigenvalue weighted by Crippen LogP contribution is -2.35. The first kappa shape index (κ1) is 14.9. The highest BCUT2D eigenvalue weighted by molar-refractivity contribution is 5.98. The lowest BCUT2D eigenvalue weighted by Gasteiger charge is -2.21. The number of amides is 1. The molecule has 0 saturated heterocycles. The topological polar surface area (TPSA) is 101 Å². The number of nitrogens with zero attached hydrogens (tertiary/aromatic N) is 2. The van der Waals surface area contributed by atoms with Crippen LogP contribution in [0.2, 0.25) is 0 Å². The average Bonchev–Trinajstić information content (AvgIpc) is 3.22. The van der Waals surface area contributed by atoms with Crippen LogP contribution in [0.1, 0.15) is 29.6 Å². The summed E-state index contributed by atoms with van der Waals surface area (Å²) in [5.41, 5.74) is -0.834. The predicted octanol–water partition coefficient (Wildman–Crippen LogP) is 1.81. The Kier molecular flexibility index (Phi) is 4.15. The van der Waals surface area contributed by atoms with Crippen LogP contribution < -0.4 is 0 Å². The van der Waals surface area contributed by atoms with Crippen molar-refractivity contribution in [1.29, 1.82) is 0 Å². The number of nitro benzene ring substituents is 1. The van der Waals surface area contributed by atoms with Gasteiger partial charge in [-0.05, 0) is 25.0 Å². The molecule has 21 heavy (non-hydrogen) atoms. The summed E-state index contributed by atoms with van der Waals surface area (Å²) < 4.78 is 13.1. The van der Waals surface area contributed by atoms with Crippen molar-refractivity contribution in [2.45, 2.75) is 25.3 Å². The lowest BCUT2D eigenvalue weighted by atomic mass is 10.1. The van der Waals surface area contributed by atoms with Gasteiger partial charge in [-0.2, -0.15) is 0 Å². The summed E-state index contributed by atoms with van der Waals surface area (Å²) >= 11 is 0. The summed E-state index contributed by atoms with van der Waals surface area (Å²) in [5, 5.41) is 19.6. The number of rotatable bonds is 6. The Labute approximate surface area is 119 Å². The van der Waals surface area contributed by atoms with Crippen LogP contribution in [0.25, 0.3) is 0 Å². The van der Waals surface area contributed by atoms with Crippen LogP contribution in [0.5, 0.6) is 0 Å². The van der Waals surface area contributed by atoms with Gasteiger partial charge in [0, 0.05) is 12.6 Å². The molecule has 0 atom stereocenters. The highest BCUT2D eigenvalue weighted by Crippen LogP contribution is 2.30. The first-order valence-corrected chi connectivity index (χ1v) is 6.37. The van der Waals surface area contributed by atoms with Crippen LogP contribution in [0, 0.1) is 15.9 Å². The van der Waals surface area contributed by atoms with Gasteiger partial charge in [-0.1, -0.05) is 0 Å². The van der Waals surface area contributed by atoms with E-state index in [-0.39, 0.29) is 24.6 Å². The number of hydrogen-bond acceptors (Lipinski definition) is 4. The standard InChI is InChI=1S/C13H13FN2O5/c14-8-1-4-10(11(7-8)16(20)21)13(19)15(9-2-3-9)6-5-12(17)18/h1,4,7,9H,2-3,5-6H2,(H,17,18). The van der Waals surface area contributed by atoms with E-state index in [1.165, 1.54) is 4.90 Å². The third-order valence-electron chi connectivity index (χ3n) is 3.20. The Morgan fingerprint density at radius 2 is 2.10 bits per heavy atom. The second-order valence-corrected chi connectivity index (χ2v) is 4.79. The Morgan fingerprint density at radius 1 is 1.43 bits per heavy atom. The molecule has 0 unspecified atom stereocenters. The highest BCUT2D eigenvalue weighted by atomic mass is 19.1. The molecule has 1 N–H and O–H groups in total. The molecule has 0 radical (unpaired) electrons. The second-order valence-electron chi connectivity index (χ2n) is 4.79. The fourth-order valence-electron chi connectivity index (χ4n) is 2.04. The predicted molar refractivity (Wildman–Crippen MR) is 69.4 cm³/mol. The van der Waals surface area contributed by atoms with E-state index in [1.54, 1.807) is 0 Å². The maximum absolute atomic E-state index is 13.1. The van der Waals surface area contributed by atoms with Gasteiger partial charge in [-0.3, -0.25) is 19.7 Å². The molecule has 1 aromatic rings.